The maximum atomic E-state index is 11.3. The minimum absolute atomic E-state index is 0.491. The van der Waals surface area contributed by atoms with Crippen LogP contribution in [-0.2, 0) is 4.79 Å². The van der Waals surface area contributed by atoms with Crippen LogP contribution < -0.4 is 0 Å². The van der Waals surface area contributed by atoms with Gasteiger partial charge in [-0.1, -0.05) is 12.8 Å². The fourth-order valence-electron chi connectivity index (χ4n) is 4.28. The molecular formula is C15H25NO. The van der Waals surface area contributed by atoms with Crippen molar-refractivity contribution < 1.29 is 4.79 Å². The lowest BCUT2D eigenvalue weighted by Crippen LogP contribution is -2.45. The number of piperidine rings is 1. The molecule has 2 heteroatoms. The van der Waals surface area contributed by atoms with E-state index in [4.69, 9.17) is 0 Å². The van der Waals surface area contributed by atoms with Crippen LogP contribution in [0.25, 0.3) is 0 Å². The van der Waals surface area contributed by atoms with Crippen molar-refractivity contribution in [3.63, 3.8) is 0 Å². The van der Waals surface area contributed by atoms with Crippen LogP contribution in [0.15, 0.2) is 0 Å². The Bertz CT molecular complexity index is 273. The second kappa shape index (κ2) is 4.72. The van der Waals surface area contributed by atoms with E-state index in [9.17, 15) is 4.79 Å². The second-order valence-corrected chi connectivity index (χ2v) is 6.51. The quantitative estimate of drug-likeness (QED) is 0.696. The minimum atomic E-state index is 0.491. The van der Waals surface area contributed by atoms with E-state index >= 15 is 0 Å². The SMILES string of the molecule is O=C1CCC(N2CCC3(CCCC3)CC2)CC1. The molecule has 0 amide bonds. The monoisotopic (exact) mass is 235 g/mol. The summed E-state index contributed by atoms with van der Waals surface area (Å²) in [6, 6.07) is 0.728. The number of nitrogens with zero attached hydrogens (tertiary/aromatic N) is 1. The van der Waals surface area contributed by atoms with E-state index in [1.807, 2.05) is 0 Å². The number of carbonyl (C=O) groups is 1. The molecule has 17 heavy (non-hydrogen) atoms. The average Bonchev–Trinajstić information content (AvgIpc) is 2.80. The van der Waals surface area contributed by atoms with Crippen molar-refractivity contribution in [1.29, 1.82) is 0 Å². The maximum absolute atomic E-state index is 11.3. The van der Waals surface area contributed by atoms with Crippen molar-refractivity contribution in [3.8, 4) is 0 Å². The zero-order valence-corrected chi connectivity index (χ0v) is 10.9. The maximum Gasteiger partial charge on any atom is 0.133 e. The normalized spacial score (nSPS) is 31.2. The molecular weight excluding hydrogens is 210 g/mol. The largest absolute Gasteiger partial charge is 0.300 e. The highest BCUT2D eigenvalue weighted by atomic mass is 16.1. The lowest BCUT2D eigenvalue weighted by atomic mass is 9.76. The second-order valence-electron chi connectivity index (χ2n) is 6.51. The third kappa shape index (κ3) is 2.42. The van der Waals surface area contributed by atoms with Gasteiger partial charge in [-0.2, -0.15) is 0 Å². The van der Waals surface area contributed by atoms with Crippen molar-refractivity contribution in [1.82, 2.24) is 4.90 Å². The van der Waals surface area contributed by atoms with Gasteiger partial charge < -0.3 is 4.90 Å². The van der Waals surface area contributed by atoms with Gasteiger partial charge in [-0.05, 0) is 57.0 Å². The molecule has 0 aromatic heterocycles. The molecule has 0 N–H and O–H groups in total. The van der Waals surface area contributed by atoms with E-state index in [-0.39, 0.29) is 0 Å². The highest BCUT2D eigenvalue weighted by molar-refractivity contribution is 5.79. The Morgan fingerprint density at radius 3 is 2.12 bits per heavy atom. The Balaban J connectivity index is 1.52. The van der Waals surface area contributed by atoms with Crippen molar-refractivity contribution in [2.45, 2.75) is 70.3 Å². The van der Waals surface area contributed by atoms with Gasteiger partial charge in [0.1, 0.15) is 5.78 Å². The van der Waals surface area contributed by atoms with Crippen LogP contribution in [0.5, 0.6) is 0 Å². The first-order valence-electron chi connectivity index (χ1n) is 7.53. The summed E-state index contributed by atoms with van der Waals surface area (Å²) in [5, 5.41) is 0. The summed E-state index contributed by atoms with van der Waals surface area (Å²) in [5.41, 5.74) is 0.737. The summed E-state index contributed by atoms with van der Waals surface area (Å²) in [7, 11) is 0. The van der Waals surface area contributed by atoms with E-state index in [1.54, 1.807) is 0 Å². The van der Waals surface area contributed by atoms with Crippen molar-refractivity contribution >= 4 is 5.78 Å². The first kappa shape index (κ1) is 11.7. The Labute approximate surface area is 105 Å². The van der Waals surface area contributed by atoms with Gasteiger partial charge in [0.25, 0.3) is 0 Å². The fraction of sp³-hybridized carbons (Fsp3) is 0.933. The van der Waals surface area contributed by atoms with E-state index in [0.717, 1.165) is 37.1 Å². The predicted molar refractivity (Wildman–Crippen MR) is 69.0 cm³/mol. The van der Waals surface area contributed by atoms with Gasteiger partial charge in [0.15, 0.2) is 0 Å². The van der Waals surface area contributed by atoms with Gasteiger partial charge in [-0.25, -0.2) is 0 Å². The molecule has 2 aliphatic carbocycles. The smallest absolute Gasteiger partial charge is 0.133 e. The number of rotatable bonds is 1. The fourth-order valence-corrected chi connectivity index (χ4v) is 4.28. The Kier molecular flexibility index (Phi) is 3.25. The summed E-state index contributed by atoms with van der Waals surface area (Å²) < 4.78 is 0. The lowest BCUT2D eigenvalue weighted by molar-refractivity contribution is -0.121. The van der Waals surface area contributed by atoms with Gasteiger partial charge in [0.05, 0.1) is 0 Å². The topological polar surface area (TPSA) is 20.3 Å². The zero-order chi connectivity index (χ0) is 11.7. The summed E-state index contributed by atoms with van der Waals surface area (Å²) in [6.07, 6.45) is 12.7. The molecule has 1 spiro atoms. The van der Waals surface area contributed by atoms with Crippen LogP contribution in [0.3, 0.4) is 0 Å². The highest BCUT2D eigenvalue weighted by Gasteiger charge is 2.38. The van der Waals surface area contributed by atoms with Crippen molar-refractivity contribution in [2.24, 2.45) is 5.41 Å². The molecule has 0 unspecified atom stereocenters. The molecule has 96 valence electrons. The molecule has 1 saturated heterocycles. The van der Waals surface area contributed by atoms with Crippen LogP contribution in [-0.4, -0.2) is 29.8 Å². The summed E-state index contributed by atoms with van der Waals surface area (Å²) in [5.74, 6) is 0.491. The predicted octanol–water partition coefficient (Wildman–Crippen LogP) is 3.15. The Morgan fingerprint density at radius 1 is 0.941 bits per heavy atom. The van der Waals surface area contributed by atoms with Crippen LogP contribution in [0.1, 0.15) is 64.2 Å². The molecule has 3 fully saturated rings. The first-order valence-corrected chi connectivity index (χ1v) is 7.53. The lowest BCUT2D eigenvalue weighted by Gasteiger charge is -2.43. The summed E-state index contributed by atoms with van der Waals surface area (Å²) in [6.45, 7) is 2.61. The third-order valence-electron chi connectivity index (χ3n) is 5.55. The molecule has 0 atom stereocenters. The Hall–Kier alpha value is -0.370. The van der Waals surface area contributed by atoms with Crippen molar-refractivity contribution in [3.05, 3.63) is 0 Å². The van der Waals surface area contributed by atoms with Gasteiger partial charge in [-0.3, -0.25) is 4.79 Å². The van der Waals surface area contributed by atoms with Crippen molar-refractivity contribution in [2.75, 3.05) is 13.1 Å². The third-order valence-corrected chi connectivity index (χ3v) is 5.55. The highest BCUT2D eigenvalue weighted by Crippen LogP contribution is 2.46. The molecule has 2 nitrogen and oxygen atoms in total. The summed E-state index contributed by atoms with van der Waals surface area (Å²) in [4.78, 5) is 14.0. The first-order chi connectivity index (χ1) is 8.27. The summed E-state index contributed by atoms with van der Waals surface area (Å²) >= 11 is 0. The number of ketones is 1. The molecule has 0 aromatic carbocycles. The average molecular weight is 235 g/mol. The van der Waals surface area contributed by atoms with Crippen LogP contribution >= 0.6 is 0 Å². The van der Waals surface area contributed by atoms with E-state index in [1.165, 1.54) is 51.6 Å². The van der Waals surface area contributed by atoms with E-state index < -0.39 is 0 Å². The number of hydrogen-bond acceptors (Lipinski definition) is 2. The molecule has 1 heterocycles. The van der Waals surface area contributed by atoms with Gasteiger partial charge >= 0.3 is 0 Å². The molecule has 0 aromatic rings. The molecule has 2 saturated carbocycles. The van der Waals surface area contributed by atoms with Gasteiger partial charge in [-0.15, -0.1) is 0 Å². The molecule has 3 rings (SSSR count). The standard InChI is InChI=1S/C15H25NO/c17-14-5-3-13(4-6-14)16-11-9-15(10-12-16)7-1-2-8-15/h13H,1-12H2. The van der Waals surface area contributed by atoms with E-state index in [2.05, 4.69) is 4.90 Å². The number of likely N-dealkylation sites (tertiary alicyclic amines) is 1. The van der Waals surface area contributed by atoms with Gasteiger partial charge in [0.2, 0.25) is 0 Å². The molecule has 3 aliphatic rings. The zero-order valence-electron chi connectivity index (χ0n) is 10.9. The van der Waals surface area contributed by atoms with E-state index in [0.29, 0.717) is 5.78 Å². The molecule has 0 bridgehead atoms. The van der Waals surface area contributed by atoms with Crippen LogP contribution in [0.4, 0.5) is 0 Å². The Morgan fingerprint density at radius 2 is 1.53 bits per heavy atom. The minimum Gasteiger partial charge on any atom is -0.300 e. The number of Topliss-reactive ketones (excluding diaryl/α,β-unsaturated/α-hetero) is 1. The van der Waals surface area contributed by atoms with Crippen LogP contribution in [0.2, 0.25) is 0 Å². The molecule has 0 radical (unpaired) electrons. The number of hydrogen-bond donors (Lipinski definition) is 0. The number of carbonyl (C=O) groups excluding carboxylic acids is 1. The van der Waals surface area contributed by atoms with Crippen LogP contribution in [0, 0.1) is 5.41 Å². The van der Waals surface area contributed by atoms with Gasteiger partial charge in [0, 0.05) is 18.9 Å². The molecule has 1 aliphatic heterocycles.